The van der Waals surface area contributed by atoms with Gasteiger partial charge in [-0.25, -0.2) is 9.97 Å². The van der Waals surface area contributed by atoms with Crippen LogP contribution in [0.3, 0.4) is 0 Å². The number of amides is 1. The number of para-hydroxylation sites is 1. The van der Waals surface area contributed by atoms with Crippen molar-refractivity contribution in [3.63, 3.8) is 0 Å². The average Bonchev–Trinajstić information content (AvgIpc) is 3.41. The van der Waals surface area contributed by atoms with Crippen LogP contribution in [-0.2, 0) is 0 Å². The lowest BCUT2D eigenvalue weighted by Crippen LogP contribution is -2.49. The van der Waals surface area contributed by atoms with Crippen LogP contribution in [0.5, 0.6) is 11.5 Å². The van der Waals surface area contributed by atoms with Crippen LogP contribution in [0.2, 0.25) is 0 Å². The molecule has 0 N–H and O–H groups in total. The minimum Gasteiger partial charge on any atom is -0.457 e. The Balaban J connectivity index is 1.22. The van der Waals surface area contributed by atoms with Gasteiger partial charge in [0.1, 0.15) is 16.4 Å². The zero-order valence-corrected chi connectivity index (χ0v) is 18.6. The van der Waals surface area contributed by atoms with Crippen LogP contribution in [0.1, 0.15) is 10.6 Å². The number of nitro groups is 1. The van der Waals surface area contributed by atoms with E-state index in [1.807, 2.05) is 65.6 Å². The number of aromatic nitrogens is 2. The molecule has 35 heavy (non-hydrogen) atoms. The Morgan fingerprint density at radius 3 is 2.31 bits per heavy atom. The van der Waals surface area contributed by atoms with Crippen molar-refractivity contribution in [2.75, 3.05) is 31.1 Å². The van der Waals surface area contributed by atoms with Crippen molar-refractivity contribution in [1.82, 2.24) is 14.9 Å². The van der Waals surface area contributed by atoms with Gasteiger partial charge in [-0.3, -0.25) is 14.9 Å². The highest BCUT2D eigenvalue weighted by Crippen LogP contribution is 2.26. The second kappa shape index (κ2) is 9.64. The van der Waals surface area contributed by atoms with Crippen LogP contribution in [0.15, 0.2) is 83.4 Å². The predicted molar refractivity (Wildman–Crippen MR) is 127 cm³/mol. The first-order valence-corrected chi connectivity index (χ1v) is 11.0. The Morgan fingerprint density at radius 1 is 0.914 bits per heavy atom. The molecular formula is C25H21N5O5. The fourth-order valence-electron chi connectivity index (χ4n) is 3.79. The van der Waals surface area contributed by atoms with E-state index < -0.39 is 10.8 Å². The largest absolute Gasteiger partial charge is 0.457 e. The number of hydrogen-bond donors (Lipinski definition) is 0. The van der Waals surface area contributed by atoms with Gasteiger partial charge in [-0.1, -0.05) is 18.2 Å². The Hall–Kier alpha value is -4.73. The van der Waals surface area contributed by atoms with Crippen molar-refractivity contribution >= 4 is 17.7 Å². The maximum atomic E-state index is 12.6. The molecule has 0 atom stereocenters. The SMILES string of the molecule is O=C(c1ccc([N+](=O)[O-])o1)N1CCN(c2nccc(-c3ccc(Oc4ccccc4)cc3)n2)CC1. The van der Waals surface area contributed by atoms with Crippen LogP contribution < -0.4 is 9.64 Å². The zero-order valence-electron chi connectivity index (χ0n) is 18.6. The maximum absolute atomic E-state index is 12.6. The average molecular weight is 471 g/mol. The van der Waals surface area contributed by atoms with Crippen molar-refractivity contribution in [2.45, 2.75) is 0 Å². The Bertz CT molecular complexity index is 1330. The summed E-state index contributed by atoms with van der Waals surface area (Å²) in [6.07, 6.45) is 1.71. The number of ether oxygens (including phenoxy) is 1. The summed E-state index contributed by atoms with van der Waals surface area (Å²) in [5.41, 5.74) is 1.71. The van der Waals surface area contributed by atoms with E-state index in [4.69, 9.17) is 14.1 Å². The number of carbonyl (C=O) groups excluding carboxylic acids is 1. The number of anilines is 1. The molecule has 5 rings (SSSR count). The standard InChI is InChI=1S/C25H21N5O5/c31-24(22-10-11-23(35-22)30(32)33)28-14-16-29(17-15-28)25-26-13-12-21(27-25)18-6-8-20(9-7-18)34-19-4-2-1-3-5-19/h1-13H,14-17H2. The second-order valence-electron chi connectivity index (χ2n) is 7.86. The summed E-state index contributed by atoms with van der Waals surface area (Å²) >= 11 is 0. The van der Waals surface area contributed by atoms with Gasteiger partial charge in [0.15, 0.2) is 5.76 Å². The van der Waals surface area contributed by atoms with Crippen molar-refractivity contribution in [2.24, 2.45) is 0 Å². The molecule has 1 aliphatic rings. The Morgan fingerprint density at radius 2 is 1.63 bits per heavy atom. The third kappa shape index (κ3) is 4.96. The molecular weight excluding hydrogens is 450 g/mol. The molecule has 0 radical (unpaired) electrons. The molecule has 0 unspecified atom stereocenters. The van der Waals surface area contributed by atoms with Crippen LogP contribution in [0.4, 0.5) is 11.8 Å². The molecule has 176 valence electrons. The van der Waals surface area contributed by atoms with Crippen LogP contribution in [0.25, 0.3) is 11.3 Å². The van der Waals surface area contributed by atoms with Crippen LogP contribution >= 0.6 is 0 Å². The van der Waals surface area contributed by atoms with Crippen molar-refractivity contribution in [3.05, 3.63) is 94.9 Å². The first-order valence-electron chi connectivity index (χ1n) is 11.0. The number of rotatable bonds is 6. The normalized spacial score (nSPS) is 13.5. The summed E-state index contributed by atoms with van der Waals surface area (Å²) in [6.45, 7) is 1.91. The van der Waals surface area contributed by atoms with E-state index in [1.165, 1.54) is 12.1 Å². The second-order valence-corrected chi connectivity index (χ2v) is 7.86. The maximum Gasteiger partial charge on any atom is 0.433 e. The minimum absolute atomic E-state index is 0.0388. The van der Waals surface area contributed by atoms with Gasteiger partial charge < -0.3 is 19.0 Å². The molecule has 1 fully saturated rings. The van der Waals surface area contributed by atoms with E-state index in [9.17, 15) is 14.9 Å². The molecule has 0 saturated carbocycles. The summed E-state index contributed by atoms with van der Waals surface area (Å²) in [7, 11) is 0. The van der Waals surface area contributed by atoms with Gasteiger partial charge in [0, 0.05) is 37.9 Å². The summed E-state index contributed by atoms with van der Waals surface area (Å²) in [5.74, 6) is 1.22. The third-order valence-corrected chi connectivity index (χ3v) is 5.60. The van der Waals surface area contributed by atoms with Gasteiger partial charge in [0.25, 0.3) is 5.91 Å². The molecule has 1 aliphatic heterocycles. The highest BCUT2D eigenvalue weighted by atomic mass is 16.6. The number of hydrogen-bond acceptors (Lipinski definition) is 8. The van der Waals surface area contributed by atoms with Gasteiger partial charge in [-0.05, 0) is 48.5 Å². The number of nitrogens with zero attached hydrogens (tertiary/aromatic N) is 5. The first-order chi connectivity index (χ1) is 17.1. The van der Waals surface area contributed by atoms with E-state index in [-0.39, 0.29) is 11.7 Å². The Kier molecular flexibility index (Phi) is 6.08. The lowest BCUT2D eigenvalue weighted by molar-refractivity contribution is -0.402. The monoisotopic (exact) mass is 471 g/mol. The summed E-state index contributed by atoms with van der Waals surface area (Å²) < 4.78 is 10.9. The molecule has 2 aromatic carbocycles. The minimum atomic E-state index is -0.664. The van der Waals surface area contributed by atoms with E-state index in [2.05, 4.69) is 4.98 Å². The molecule has 0 spiro atoms. The first kappa shape index (κ1) is 22.1. The number of benzene rings is 2. The molecule has 2 aromatic heterocycles. The topological polar surface area (TPSA) is 115 Å². The van der Waals surface area contributed by atoms with E-state index in [1.54, 1.807) is 11.1 Å². The predicted octanol–water partition coefficient (Wildman–Crippen LogP) is 4.40. The van der Waals surface area contributed by atoms with Gasteiger partial charge in [-0.15, -0.1) is 0 Å². The summed E-state index contributed by atoms with van der Waals surface area (Å²) in [4.78, 5) is 35.5. The fraction of sp³-hybridized carbons (Fsp3) is 0.160. The van der Waals surface area contributed by atoms with Gasteiger partial charge in [-0.2, -0.15) is 0 Å². The number of carbonyl (C=O) groups is 1. The van der Waals surface area contributed by atoms with Gasteiger partial charge in [0.05, 0.1) is 11.8 Å². The van der Waals surface area contributed by atoms with Crippen LogP contribution in [0, 0.1) is 10.1 Å². The highest BCUT2D eigenvalue weighted by Gasteiger charge is 2.27. The van der Waals surface area contributed by atoms with Gasteiger partial charge >= 0.3 is 5.88 Å². The Labute approximate surface area is 200 Å². The summed E-state index contributed by atoms with van der Waals surface area (Å²) in [5, 5.41) is 10.8. The molecule has 10 nitrogen and oxygen atoms in total. The number of piperazine rings is 1. The van der Waals surface area contributed by atoms with E-state index in [0.29, 0.717) is 32.1 Å². The third-order valence-electron chi connectivity index (χ3n) is 5.60. The van der Waals surface area contributed by atoms with Crippen LogP contribution in [-0.4, -0.2) is 51.9 Å². The van der Waals surface area contributed by atoms with Crippen molar-refractivity contribution in [3.8, 4) is 22.8 Å². The lowest BCUT2D eigenvalue weighted by atomic mass is 10.1. The molecule has 4 aromatic rings. The molecule has 1 amide bonds. The quantitative estimate of drug-likeness (QED) is 0.300. The number of furan rings is 1. The molecule has 1 saturated heterocycles. The zero-order chi connectivity index (χ0) is 24.2. The lowest BCUT2D eigenvalue weighted by Gasteiger charge is -2.34. The molecule has 10 heteroatoms. The van der Waals surface area contributed by atoms with E-state index >= 15 is 0 Å². The summed E-state index contributed by atoms with van der Waals surface area (Å²) in [6, 6.07) is 21.6. The van der Waals surface area contributed by atoms with Crippen molar-refractivity contribution < 1.29 is 18.9 Å². The molecule has 0 bridgehead atoms. The van der Waals surface area contributed by atoms with E-state index in [0.717, 1.165) is 22.8 Å². The molecule has 3 heterocycles. The smallest absolute Gasteiger partial charge is 0.433 e. The highest BCUT2D eigenvalue weighted by molar-refractivity contribution is 5.92. The van der Waals surface area contributed by atoms with Crippen molar-refractivity contribution in [1.29, 1.82) is 0 Å². The molecule has 0 aliphatic carbocycles. The fourth-order valence-corrected chi connectivity index (χ4v) is 3.79. The van der Waals surface area contributed by atoms with Gasteiger partial charge in [0.2, 0.25) is 5.95 Å².